The molecule has 1 fully saturated rings. The van der Waals surface area contributed by atoms with Crippen LogP contribution in [0.25, 0.3) is 0 Å². The summed E-state index contributed by atoms with van der Waals surface area (Å²) in [6.45, 7) is 3.44. The van der Waals surface area contributed by atoms with E-state index in [0.29, 0.717) is 10.7 Å². The van der Waals surface area contributed by atoms with Crippen LogP contribution in [0.5, 0.6) is 0 Å². The van der Waals surface area contributed by atoms with Gasteiger partial charge in [0, 0.05) is 28.5 Å². The van der Waals surface area contributed by atoms with Crippen molar-refractivity contribution in [1.82, 2.24) is 10.2 Å². The van der Waals surface area contributed by atoms with Gasteiger partial charge in [0.2, 0.25) is 11.8 Å². The minimum Gasteiger partial charge on any atom is -0.352 e. The Balaban J connectivity index is 1.58. The molecule has 1 aliphatic rings. The van der Waals surface area contributed by atoms with Crippen LogP contribution in [0.1, 0.15) is 47.9 Å². The van der Waals surface area contributed by atoms with Crippen LogP contribution in [0.4, 0.5) is 5.69 Å². The predicted octanol–water partition coefficient (Wildman–Crippen LogP) is 7.61. The summed E-state index contributed by atoms with van der Waals surface area (Å²) in [5, 5.41) is 3.60. The minimum absolute atomic E-state index is 0.00581. The molecule has 0 heterocycles. The maximum atomic E-state index is 14.7. The molecule has 0 aliphatic heterocycles. The Morgan fingerprint density at radius 3 is 2.21 bits per heavy atom. The zero-order valence-corrected chi connectivity index (χ0v) is 29.7. The van der Waals surface area contributed by atoms with Crippen molar-refractivity contribution in [3.8, 4) is 0 Å². The average molecular weight is 737 g/mol. The molecule has 0 radical (unpaired) electrons. The van der Waals surface area contributed by atoms with Crippen molar-refractivity contribution in [1.29, 1.82) is 0 Å². The third-order valence-corrected chi connectivity index (χ3v) is 11.2. The molecular weight excluding hydrogens is 698 g/mol. The van der Waals surface area contributed by atoms with Crippen LogP contribution in [-0.2, 0) is 32.6 Å². The highest BCUT2D eigenvalue weighted by atomic mass is 79.9. The van der Waals surface area contributed by atoms with Crippen LogP contribution in [0, 0.1) is 13.8 Å². The number of halogens is 2. The first-order valence-electron chi connectivity index (χ1n) is 15.7. The molecule has 47 heavy (non-hydrogen) atoms. The Morgan fingerprint density at radius 1 is 0.872 bits per heavy atom. The van der Waals surface area contributed by atoms with E-state index in [2.05, 4.69) is 21.2 Å². The lowest BCUT2D eigenvalue weighted by molar-refractivity contribution is -0.140. The standard InChI is InChI=1S/C37H39BrClN3O4S/c1-26-15-18-33(21-27(26)2)42(47(45,46)34-19-16-31(39)17-20-34)25-36(43)41(24-29-11-8-12-30(38)22-29)35(23-28-9-4-3-5-10-28)37(44)40-32-13-6-7-14-32/h3-5,8-12,15-22,32,35H,6-7,13-14,23-25H2,1-2H3,(H,40,44)/t35-/m1/s1. The molecule has 1 aliphatic carbocycles. The van der Waals surface area contributed by atoms with E-state index in [1.54, 1.807) is 12.1 Å². The van der Waals surface area contributed by atoms with Crippen molar-refractivity contribution < 1.29 is 18.0 Å². The molecule has 1 saturated carbocycles. The zero-order valence-electron chi connectivity index (χ0n) is 26.5. The third-order valence-electron chi connectivity index (χ3n) is 8.67. The van der Waals surface area contributed by atoms with E-state index in [4.69, 9.17) is 11.6 Å². The van der Waals surface area contributed by atoms with Crippen LogP contribution >= 0.6 is 27.5 Å². The second-order valence-corrected chi connectivity index (χ2v) is 15.3. The van der Waals surface area contributed by atoms with Crippen molar-refractivity contribution in [3.63, 3.8) is 0 Å². The Morgan fingerprint density at radius 2 is 1.55 bits per heavy atom. The summed E-state index contributed by atoms with van der Waals surface area (Å²) in [6.07, 6.45) is 4.14. The number of amides is 2. The fraction of sp³-hybridized carbons (Fsp3) is 0.297. The average Bonchev–Trinajstić information content (AvgIpc) is 3.56. The number of carbonyl (C=O) groups is 2. The second-order valence-electron chi connectivity index (χ2n) is 12.1. The van der Waals surface area contributed by atoms with Gasteiger partial charge in [0.05, 0.1) is 10.6 Å². The molecule has 0 saturated heterocycles. The van der Waals surface area contributed by atoms with Gasteiger partial charge in [0.25, 0.3) is 10.0 Å². The van der Waals surface area contributed by atoms with Crippen LogP contribution in [0.2, 0.25) is 5.02 Å². The lowest BCUT2D eigenvalue weighted by Gasteiger charge is -2.34. The number of benzene rings is 4. The van der Waals surface area contributed by atoms with Crippen LogP contribution in [-0.4, -0.2) is 43.8 Å². The van der Waals surface area contributed by atoms with E-state index < -0.39 is 28.5 Å². The number of carbonyl (C=O) groups excluding carboxylic acids is 2. The van der Waals surface area contributed by atoms with Gasteiger partial charge >= 0.3 is 0 Å². The molecule has 1 N–H and O–H groups in total. The molecule has 0 bridgehead atoms. The van der Waals surface area contributed by atoms with Gasteiger partial charge in [-0.25, -0.2) is 8.42 Å². The Hall–Kier alpha value is -3.66. The van der Waals surface area contributed by atoms with Crippen molar-refractivity contribution in [2.24, 2.45) is 0 Å². The summed E-state index contributed by atoms with van der Waals surface area (Å²) < 4.78 is 30.5. The van der Waals surface area contributed by atoms with Crippen LogP contribution in [0.3, 0.4) is 0 Å². The van der Waals surface area contributed by atoms with Crippen molar-refractivity contribution in [2.45, 2.75) is 69.5 Å². The fourth-order valence-corrected chi connectivity index (χ4v) is 7.88. The normalized spacial score (nSPS) is 14.0. The summed E-state index contributed by atoms with van der Waals surface area (Å²) in [4.78, 5) is 30.4. The van der Waals surface area contributed by atoms with Crippen molar-refractivity contribution >= 4 is 55.1 Å². The molecule has 0 unspecified atom stereocenters. The summed E-state index contributed by atoms with van der Waals surface area (Å²) in [7, 11) is -4.21. The molecule has 246 valence electrons. The number of rotatable bonds is 12. The molecule has 4 aromatic rings. The number of hydrogen-bond donors (Lipinski definition) is 1. The molecule has 2 amide bonds. The highest BCUT2D eigenvalue weighted by Gasteiger charge is 2.35. The third kappa shape index (κ3) is 8.83. The Kier molecular flexibility index (Phi) is 11.4. The SMILES string of the molecule is Cc1ccc(N(CC(=O)N(Cc2cccc(Br)c2)[C@H](Cc2ccccc2)C(=O)NC2CCCC2)S(=O)(=O)c2ccc(Cl)cc2)cc1C. The molecule has 0 spiro atoms. The van der Waals surface area contributed by atoms with E-state index in [0.717, 1.165) is 56.7 Å². The summed E-state index contributed by atoms with van der Waals surface area (Å²) in [6, 6.07) is 27.5. The number of hydrogen-bond acceptors (Lipinski definition) is 4. The topological polar surface area (TPSA) is 86.8 Å². The zero-order chi connectivity index (χ0) is 33.6. The van der Waals surface area contributed by atoms with E-state index in [-0.39, 0.29) is 29.8 Å². The number of sulfonamides is 1. The van der Waals surface area contributed by atoms with E-state index in [1.807, 2.05) is 74.5 Å². The number of nitrogens with one attached hydrogen (secondary N) is 1. The number of nitrogens with zero attached hydrogens (tertiary/aromatic N) is 2. The molecule has 5 rings (SSSR count). The van der Waals surface area contributed by atoms with Gasteiger partial charge in [-0.15, -0.1) is 0 Å². The van der Waals surface area contributed by atoms with Gasteiger partial charge < -0.3 is 10.2 Å². The van der Waals surface area contributed by atoms with Gasteiger partial charge in [0.15, 0.2) is 0 Å². The Bertz CT molecular complexity index is 1810. The molecular formula is C37H39BrClN3O4S. The lowest BCUT2D eigenvalue weighted by Crippen LogP contribution is -2.54. The fourth-order valence-electron chi connectivity index (χ4n) is 5.90. The first-order chi connectivity index (χ1) is 22.5. The quantitative estimate of drug-likeness (QED) is 0.162. The van der Waals surface area contributed by atoms with Crippen LogP contribution < -0.4 is 9.62 Å². The Labute approximate surface area is 291 Å². The van der Waals surface area contributed by atoms with Crippen molar-refractivity contribution in [3.05, 3.63) is 129 Å². The maximum absolute atomic E-state index is 14.7. The first kappa shape index (κ1) is 34.7. The first-order valence-corrected chi connectivity index (χ1v) is 18.4. The lowest BCUT2D eigenvalue weighted by atomic mass is 10.0. The number of aryl methyl sites for hydroxylation is 2. The molecule has 1 atom stereocenters. The summed E-state index contributed by atoms with van der Waals surface area (Å²) in [5.74, 6) is -0.745. The highest BCUT2D eigenvalue weighted by Crippen LogP contribution is 2.28. The summed E-state index contributed by atoms with van der Waals surface area (Å²) >= 11 is 9.62. The predicted molar refractivity (Wildman–Crippen MR) is 191 cm³/mol. The van der Waals surface area contributed by atoms with E-state index in [1.165, 1.54) is 29.2 Å². The molecule has 4 aromatic carbocycles. The van der Waals surface area contributed by atoms with Gasteiger partial charge in [-0.05, 0) is 97.5 Å². The highest BCUT2D eigenvalue weighted by molar-refractivity contribution is 9.10. The monoisotopic (exact) mass is 735 g/mol. The maximum Gasteiger partial charge on any atom is 0.264 e. The van der Waals surface area contributed by atoms with Crippen LogP contribution in [0.15, 0.2) is 106 Å². The van der Waals surface area contributed by atoms with Gasteiger partial charge in [-0.2, -0.15) is 0 Å². The smallest absolute Gasteiger partial charge is 0.264 e. The van der Waals surface area contributed by atoms with Gasteiger partial charge in [-0.1, -0.05) is 88.9 Å². The van der Waals surface area contributed by atoms with Crippen molar-refractivity contribution in [2.75, 3.05) is 10.8 Å². The molecule has 7 nitrogen and oxygen atoms in total. The number of anilines is 1. The molecule has 10 heteroatoms. The van der Waals surface area contributed by atoms with E-state index in [9.17, 15) is 18.0 Å². The minimum atomic E-state index is -4.21. The second kappa shape index (κ2) is 15.5. The summed E-state index contributed by atoms with van der Waals surface area (Å²) in [5.41, 5.74) is 3.93. The van der Waals surface area contributed by atoms with Gasteiger partial charge in [-0.3, -0.25) is 13.9 Å². The van der Waals surface area contributed by atoms with Gasteiger partial charge in [0.1, 0.15) is 12.6 Å². The van der Waals surface area contributed by atoms with E-state index >= 15 is 0 Å². The largest absolute Gasteiger partial charge is 0.352 e. The molecule has 0 aromatic heterocycles.